The summed E-state index contributed by atoms with van der Waals surface area (Å²) in [4.78, 5) is 36.8. The molecule has 7 nitrogen and oxygen atoms in total. The number of nitrogens with one attached hydrogen (secondary N) is 1. The van der Waals surface area contributed by atoms with E-state index in [-0.39, 0.29) is 29.0 Å². The van der Waals surface area contributed by atoms with E-state index in [2.05, 4.69) is 5.32 Å². The van der Waals surface area contributed by atoms with Gasteiger partial charge in [-0.1, -0.05) is 24.3 Å². The molecule has 1 heterocycles. The molecular formula is C19H19N3O4. The molecule has 26 heavy (non-hydrogen) atoms. The van der Waals surface area contributed by atoms with Crippen molar-refractivity contribution in [2.24, 2.45) is 5.92 Å². The number of hydrogen-bond donors (Lipinski definition) is 1. The molecule has 1 aliphatic rings. The molecule has 0 radical (unpaired) electrons. The summed E-state index contributed by atoms with van der Waals surface area (Å²) in [5.74, 6) is -0.329. The minimum atomic E-state index is -0.501. The fourth-order valence-corrected chi connectivity index (χ4v) is 3.18. The van der Waals surface area contributed by atoms with Gasteiger partial charge in [0.25, 0.3) is 11.6 Å². The zero-order chi connectivity index (χ0) is 18.7. The van der Waals surface area contributed by atoms with Crippen LogP contribution in [0.3, 0.4) is 0 Å². The maximum atomic E-state index is 12.4. The average Bonchev–Trinajstić information content (AvgIpc) is 3.01. The number of carbonyl (C=O) groups is 2. The molecule has 1 N–H and O–H groups in total. The van der Waals surface area contributed by atoms with Crippen molar-refractivity contribution in [2.75, 3.05) is 18.0 Å². The van der Waals surface area contributed by atoms with Gasteiger partial charge in [-0.25, -0.2) is 0 Å². The van der Waals surface area contributed by atoms with Gasteiger partial charge in [0, 0.05) is 48.3 Å². The van der Waals surface area contributed by atoms with E-state index in [1.54, 1.807) is 17.9 Å². The SMILES string of the molecule is Cc1c(C(=O)NCC2CC(=O)N(c3ccccc3)C2)cccc1[N+](=O)[O-]. The van der Waals surface area contributed by atoms with E-state index in [1.807, 2.05) is 30.3 Å². The minimum absolute atomic E-state index is 0.00524. The summed E-state index contributed by atoms with van der Waals surface area (Å²) in [6, 6.07) is 13.8. The first-order valence-electron chi connectivity index (χ1n) is 8.35. The molecule has 1 aliphatic heterocycles. The van der Waals surface area contributed by atoms with Gasteiger partial charge in [-0.15, -0.1) is 0 Å². The molecule has 0 saturated carbocycles. The summed E-state index contributed by atoms with van der Waals surface area (Å²) < 4.78 is 0. The fourth-order valence-electron chi connectivity index (χ4n) is 3.18. The van der Waals surface area contributed by atoms with Crippen LogP contribution in [0.2, 0.25) is 0 Å². The lowest BCUT2D eigenvalue weighted by Crippen LogP contribution is -2.31. The van der Waals surface area contributed by atoms with Crippen LogP contribution in [0.15, 0.2) is 48.5 Å². The Morgan fingerprint density at radius 2 is 1.96 bits per heavy atom. The van der Waals surface area contributed by atoms with Gasteiger partial charge in [0.05, 0.1) is 4.92 Å². The normalized spacial score (nSPS) is 16.6. The number of amides is 2. The van der Waals surface area contributed by atoms with Gasteiger partial charge in [-0.3, -0.25) is 19.7 Å². The number of nitrogens with zero attached hydrogens (tertiary/aromatic N) is 2. The Morgan fingerprint density at radius 3 is 2.65 bits per heavy atom. The summed E-state index contributed by atoms with van der Waals surface area (Å²) in [5.41, 5.74) is 1.39. The molecule has 2 aromatic rings. The number of benzene rings is 2. The highest BCUT2D eigenvalue weighted by molar-refractivity contribution is 5.97. The maximum absolute atomic E-state index is 12.4. The summed E-state index contributed by atoms with van der Waals surface area (Å²) in [5, 5.41) is 13.8. The number of anilines is 1. The van der Waals surface area contributed by atoms with Gasteiger partial charge in [0.1, 0.15) is 0 Å². The smallest absolute Gasteiger partial charge is 0.273 e. The van der Waals surface area contributed by atoms with Crippen LogP contribution in [0.4, 0.5) is 11.4 Å². The zero-order valence-electron chi connectivity index (χ0n) is 14.3. The predicted molar refractivity (Wildman–Crippen MR) is 97.1 cm³/mol. The van der Waals surface area contributed by atoms with Gasteiger partial charge in [-0.05, 0) is 25.1 Å². The fraction of sp³-hybridized carbons (Fsp3) is 0.263. The lowest BCUT2D eigenvalue weighted by molar-refractivity contribution is -0.385. The topological polar surface area (TPSA) is 92.6 Å². The second-order valence-electron chi connectivity index (χ2n) is 6.33. The van der Waals surface area contributed by atoms with Gasteiger partial charge >= 0.3 is 0 Å². The minimum Gasteiger partial charge on any atom is -0.352 e. The molecule has 134 valence electrons. The van der Waals surface area contributed by atoms with Crippen LogP contribution in [0, 0.1) is 23.0 Å². The van der Waals surface area contributed by atoms with Crippen LogP contribution in [0.1, 0.15) is 22.3 Å². The van der Waals surface area contributed by atoms with E-state index in [0.717, 1.165) is 5.69 Å². The van der Waals surface area contributed by atoms with Crippen LogP contribution in [-0.2, 0) is 4.79 Å². The van der Waals surface area contributed by atoms with E-state index in [4.69, 9.17) is 0 Å². The van der Waals surface area contributed by atoms with Crippen molar-refractivity contribution in [3.05, 3.63) is 69.8 Å². The number of para-hydroxylation sites is 1. The molecule has 1 unspecified atom stereocenters. The molecule has 2 aromatic carbocycles. The van der Waals surface area contributed by atoms with Crippen molar-refractivity contribution < 1.29 is 14.5 Å². The summed E-state index contributed by atoms with van der Waals surface area (Å²) in [6.07, 6.45) is 0.364. The number of hydrogen-bond acceptors (Lipinski definition) is 4. The van der Waals surface area contributed by atoms with Gasteiger partial charge < -0.3 is 10.2 Å². The van der Waals surface area contributed by atoms with Gasteiger partial charge in [-0.2, -0.15) is 0 Å². The number of carbonyl (C=O) groups excluding carboxylic acids is 2. The Labute approximate surface area is 150 Å². The highest BCUT2D eigenvalue weighted by atomic mass is 16.6. The molecule has 2 amide bonds. The third-order valence-corrected chi connectivity index (χ3v) is 4.57. The van der Waals surface area contributed by atoms with Gasteiger partial charge in [0.15, 0.2) is 0 Å². The lowest BCUT2D eigenvalue weighted by atomic mass is 10.1. The second-order valence-corrected chi connectivity index (χ2v) is 6.33. The van der Waals surface area contributed by atoms with Gasteiger partial charge in [0.2, 0.25) is 5.91 Å². The van der Waals surface area contributed by atoms with Crippen LogP contribution in [-0.4, -0.2) is 29.8 Å². The van der Waals surface area contributed by atoms with Crippen molar-refractivity contribution >= 4 is 23.2 Å². The highest BCUT2D eigenvalue weighted by Crippen LogP contribution is 2.25. The van der Waals surface area contributed by atoms with Crippen molar-refractivity contribution in [3.8, 4) is 0 Å². The molecule has 0 bridgehead atoms. The Balaban J connectivity index is 1.63. The highest BCUT2D eigenvalue weighted by Gasteiger charge is 2.31. The first-order chi connectivity index (χ1) is 12.5. The summed E-state index contributed by atoms with van der Waals surface area (Å²) >= 11 is 0. The van der Waals surface area contributed by atoms with Crippen LogP contribution < -0.4 is 10.2 Å². The van der Waals surface area contributed by atoms with Crippen molar-refractivity contribution in [1.82, 2.24) is 5.32 Å². The van der Waals surface area contributed by atoms with E-state index < -0.39 is 4.92 Å². The molecule has 1 saturated heterocycles. The molecule has 7 heteroatoms. The average molecular weight is 353 g/mol. The molecular weight excluding hydrogens is 334 g/mol. The zero-order valence-corrected chi connectivity index (χ0v) is 14.3. The largest absolute Gasteiger partial charge is 0.352 e. The van der Waals surface area contributed by atoms with E-state index in [0.29, 0.717) is 25.1 Å². The third kappa shape index (κ3) is 3.56. The molecule has 1 atom stereocenters. The molecule has 0 aliphatic carbocycles. The first kappa shape index (κ1) is 17.6. The van der Waals surface area contributed by atoms with Crippen molar-refractivity contribution in [1.29, 1.82) is 0 Å². The molecule has 0 spiro atoms. The quantitative estimate of drug-likeness (QED) is 0.661. The summed E-state index contributed by atoms with van der Waals surface area (Å²) in [7, 11) is 0. The first-order valence-corrected chi connectivity index (χ1v) is 8.35. The maximum Gasteiger partial charge on any atom is 0.273 e. The lowest BCUT2D eigenvalue weighted by Gasteiger charge is -2.17. The Kier molecular flexibility index (Phi) is 4.97. The predicted octanol–water partition coefficient (Wildman–Crippen LogP) is 2.69. The Morgan fingerprint density at radius 1 is 1.23 bits per heavy atom. The summed E-state index contributed by atoms with van der Waals surface area (Å²) in [6.45, 7) is 2.44. The van der Waals surface area contributed by atoms with E-state index in [1.165, 1.54) is 12.1 Å². The Bertz CT molecular complexity index is 851. The molecule has 1 fully saturated rings. The number of rotatable bonds is 5. The standard InChI is InChI=1S/C19H19N3O4/c1-13-16(8-5-9-17(13)22(25)26)19(24)20-11-14-10-18(23)21(12-14)15-6-3-2-4-7-15/h2-9,14H,10-12H2,1H3,(H,20,24). The molecule has 0 aromatic heterocycles. The number of nitro benzene ring substituents is 1. The monoisotopic (exact) mass is 353 g/mol. The van der Waals surface area contributed by atoms with Crippen molar-refractivity contribution in [3.63, 3.8) is 0 Å². The van der Waals surface area contributed by atoms with Crippen LogP contribution in [0.5, 0.6) is 0 Å². The number of nitro groups is 1. The van der Waals surface area contributed by atoms with E-state index in [9.17, 15) is 19.7 Å². The van der Waals surface area contributed by atoms with Crippen LogP contribution >= 0.6 is 0 Å². The second kappa shape index (κ2) is 7.35. The van der Waals surface area contributed by atoms with Crippen LogP contribution in [0.25, 0.3) is 0 Å². The third-order valence-electron chi connectivity index (χ3n) is 4.57. The van der Waals surface area contributed by atoms with Crippen molar-refractivity contribution in [2.45, 2.75) is 13.3 Å². The molecule has 3 rings (SSSR count). The Hall–Kier alpha value is -3.22. The van der Waals surface area contributed by atoms with E-state index >= 15 is 0 Å².